The van der Waals surface area contributed by atoms with Gasteiger partial charge in [-0.25, -0.2) is 17.2 Å². The fourth-order valence-electron chi connectivity index (χ4n) is 1.69. The fraction of sp³-hybridized carbons (Fsp3) is 1.00. The Labute approximate surface area is 114 Å². The van der Waals surface area contributed by atoms with Gasteiger partial charge in [-0.05, 0) is 32.2 Å². The van der Waals surface area contributed by atoms with Crippen molar-refractivity contribution in [3.05, 3.63) is 0 Å². The second-order valence-corrected chi connectivity index (χ2v) is 6.94. The monoisotopic (exact) mass is 301 g/mol. The first-order chi connectivity index (χ1) is 8.85. The van der Waals surface area contributed by atoms with Crippen LogP contribution in [0.25, 0.3) is 0 Å². The zero-order valence-corrected chi connectivity index (χ0v) is 12.5. The predicted molar refractivity (Wildman–Crippen MR) is 72.5 cm³/mol. The molecule has 0 fully saturated rings. The summed E-state index contributed by atoms with van der Waals surface area (Å²) >= 11 is 0. The summed E-state index contributed by atoms with van der Waals surface area (Å²) < 4.78 is 50.7. The maximum atomic E-state index is 11.9. The highest BCUT2D eigenvalue weighted by Crippen LogP contribution is 2.05. The van der Waals surface area contributed by atoms with Gasteiger partial charge in [0, 0.05) is 24.7 Å². The second-order valence-electron chi connectivity index (χ2n) is 4.68. The smallest absolute Gasteiger partial charge is 0.261 e. The summed E-state index contributed by atoms with van der Waals surface area (Å²) in [4.78, 5) is 0. The topological polar surface area (TPSA) is 55.4 Å². The molecule has 0 aliphatic carbocycles. The Morgan fingerprint density at radius 2 is 1.95 bits per heavy atom. The lowest BCUT2D eigenvalue weighted by Gasteiger charge is -2.18. The molecule has 7 heteroatoms. The Kier molecular flexibility index (Phi) is 10.4. The normalized spacial score (nSPS) is 13.9. The SMILES string of the molecule is CCCNC(CCCS(C)(=O)=O)CCOCC(F)F. The van der Waals surface area contributed by atoms with Gasteiger partial charge < -0.3 is 10.1 Å². The molecule has 0 rings (SSSR count). The molecular formula is C12H25F2NO3S. The molecule has 1 unspecified atom stereocenters. The molecule has 4 nitrogen and oxygen atoms in total. The average molecular weight is 301 g/mol. The van der Waals surface area contributed by atoms with Crippen molar-refractivity contribution in [1.29, 1.82) is 0 Å². The molecule has 0 aliphatic heterocycles. The van der Waals surface area contributed by atoms with Gasteiger partial charge >= 0.3 is 0 Å². The predicted octanol–water partition coefficient (Wildman–Crippen LogP) is 1.85. The van der Waals surface area contributed by atoms with Gasteiger partial charge in [-0.2, -0.15) is 0 Å². The van der Waals surface area contributed by atoms with E-state index in [1.807, 2.05) is 6.92 Å². The third-order valence-electron chi connectivity index (χ3n) is 2.61. The Balaban J connectivity index is 3.87. The lowest BCUT2D eigenvalue weighted by Crippen LogP contribution is -2.31. The minimum atomic E-state index is -2.93. The molecule has 0 aromatic heterocycles. The standard InChI is InChI=1S/C12H25F2NO3S/c1-3-7-15-11(5-4-9-19(2,16)17)6-8-18-10-12(13)14/h11-12,15H,3-10H2,1-2H3. The summed E-state index contributed by atoms with van der Waals surface area (Å²) in [6.45, 7) is 2.60. The van der Waals surface area contributed by atoms with Crippen LogP contribution in [-0.2, 0) is 14.6 Å². The van der Waals surface area contributed by atoms with Gasteiger partial charge in [-0.15, -0.1) is 0 Å². The van der Waals surface area contributed by atoms with Gasteiger partial charge in [-0.1, -0.05) is 6.92 Å². The molecule has 0 bridgehead atoms. The first-order valence-electron chi connectivity index (χ1n) is 6.62. The second kappa shape index (κ2) is 10.5. The molecule has 116 valence electrons. The number of hydrogen-bond acceptors (Lipinski definition) is 4. The van der Waals surface area contributed by atoms with E-state index in [1.54, 1.807) is 0 Å². The van der Waals surface area contributed by atoms with E-state index in [0.717, 1.165) is 13.0 Å². The lowest BCUT2D eigenvalue weighted by molar-refractivity contribution is 0.0142. The summed E-state index contributed by atoms with van der Waals surface area (Å²) in [6, 6.07) is 0.124. The van der Waals surface area contributed by atoms with Crippen molar-refractivity contribution in [3.63, 3.8) is 0 Å². The van der Waals surface area contributed by atoms with E-state index in [4.69, 9.17) is 4.74 Å². The van der Waals surface area contributed by atoms with Crippen molar-refractivity contribution in [3.8, 4) is 0 Å². The van der Waals surface area contributed by atoms with Gasteiger partial charge in [0.1, 0.15) is 16.4 Å². The number of hydrogen-bond donors (Lipinski definition) is 1. The van der Waals surface area contributed by atoms with Crippen LogP contribution in [0, 0.1) is 0 Å². The van der Waals surface area contributed by atoms with Crippen LogP contribution in [0.4, 0.5) is 8.78 Å². The highest BCUT2D eigenvalue weighted by molar-refractivity contribution is 7.90. The van der Waals surface area contributed by atoms with E-state index in [0.29, 0.717) is 19.3 Å². The summed E-state index contributed by atoms with van der Waals surface area (Å²) in [5, 5.41) is 3.28. The molecular weight excluding hydrogens is 276 g/mol. The van der Waals surface area contributed by atoms with Crippen molar-refractivity contribution >= 4 is 9.84 Å². The van der Waals surface area contributed by atoms with Crippen molar-refractivity contribution in [2.24, 2.45) is 0 Å². The van der Waals surface area contributed by atoms with Crippen molar-refractivity contribution < 1.29 is 21.9 Å². The van der Waals surface area contributed by atoms with Crippen LogP contribution >= 0.6 is 0 Å². The number of rotatable bonds is 12. The van der Waals surface area contributed by atoms with Crippen LogP contribution in [-0.4, -0.2) is 52.7 Å². The van der Waals surface area contributed by atoms with Crippen LogP contribution in [0.1, 0.15) is 32.6 Å². The average Bonchev–Trinajstić information content (AvgIpc) is 2.28. The number of nitrogens with one attached hydrogen (secondary N) is 1. The molecule has 0 aromatic rings. The molecule has 0 heterocycles. The van der Waals surface area contributed by atoms with E-state index in [9.17, 15) is 17.2 Å². The number of ether oxygens (including phenoxy) is 1. The van der Waals surface area contributed by atoms with Crippen molar-refractivity contribution in [1.82, 2.24) is 5.32 Å². The molecule has 0 saturated carbocycles. The van der Waals surface area contributed by atoms with Crippen LogP contribution < -0.4 is 5.32 Å². The maximum absolute atomic E-state index is 11.9. The third-order valence-corrected chi connectivity index (χ3v) is 3.64. The summed E-state index contributed by atoms with van der Waals surface area (Å²) in [7, 11) is -2.93. The fourth-order valence-corrected chi connectivity index (χ4v) is 2.38. The molecule has 0 amide bonds. The van der Waals surface area contributed by atoms with Crippen molar-refractivity contribution in [2.75, 3.05) is 31.8 Å². The zero-order valence-electron chi connectivity index (χ0n) is 11.7. The molecule has 0 aromatic carbocycles. The molecule has 1 N–H and O–H groups in total. The van der Waals surface area contributed by atoms with Gasteiger partial charge in [-0.3, -0.25) is 0 Å². The minimum absolute atomic E-state index is 0.124. The van der Waals surface area contributed by atoms with Gasteiger partial charge in [0.15, 0.2) is 0 Å². The van der Waals surface area contributed by atoms with Gasteiger partial charge in [0.2, 0.25) is 0 Å². The van der Waals surface area contributed by atoms with E-state index in [2.05, 4.69) is 5.32 Å². The Morgan fingerprint density at radius 3 is 2.47 bits per heavy atom. The molecule has 19 heavy (non-hydrogen) atoms. The largest absolute Gasteiger partial charge is 0.375 e. The summed E-state index contributed by atoms with van der Waals surface area (Å²) in [5.41, 5.74) is 0. The van der Waals surface area contributed by atoms with Crippen molar-refractivity contribution in [2.45, 2.75) is 45.1 Å². The Hall–Kier alpha value is -0.270. The molecule has 0 aliphatic rings. The third kappa shape index (κ3) is 14.0. The zero-order chi connectivity index (χ0) is 14.7. The molecule has 0 radical (unpaired) electrons. The van der Waals surface area contributed by atoms with Gasteiger partial charge in [0.25, 0.3) is 6.43 Å². The van der Waals surface area contributed by atoms with Gasteiger partial charge in [0.05, 0.1) is 0 Å². The van der Waals surface area contributed by atoms with Crippen LogP contribution in [0.2, 0.25) is 0 Å². The highest BCUT2D eigenvalue weighted by Gasteiger charge is 2.10. The minimum Gasteiger partial charge on any atom is -0.375 e. The number of sulfone groups is 1. The van der Waals surface area contributed by atoms with E-state index < -0.39 is 22.9 Å². The highest BCUT2D eigenvalue weighted by atomic mass is 32.2. The van der Waals surface area contributed by atoms with Crippen LogP contribution in [0.15, 0.2) is 0 Å². The number of halogens is 2. The maximum Gasteiger partial charge on any atom is 0.261 e. The quantitative estimate of drug-likeness (QED) is 0.559. The molecule has 0 saturated heterocycles. The first kappa shape index (κ1) is 18.7. The number of alkyl halides is 2. The first-order valence-corrected chi connectivity index (χ1v) is 8.68. The molecule has 0 spiro atoms. The van der Waals surface area contributed by atoms with E-state index in [1.165, 1.54) is 6.26 Å². The Bertz CT molecular complexity index is 310. The van der Waals surface area contributed by atoms with Crippen LogP contribution in [0.3, 0.4) is 0 Å². The summed E-state index contributed by atoms with van der Waals surface area (Å²) in [5.74, 6) is 0.162. The molecule has 1 atom stereocenters. The van der Waals surface area contributed by atoms with E-state index in [-0.39, 0.29) is 18.4 Å². The summed E-state index contributed by atoms with van der Waals surface area (Å²) in [6.07, 6.45) is 1.66. The lowest BCUT2D eigenvalue weighted by atomic mass is 10.1. The Morgan fingerprint density at radius 1 is 1.26 bits per heavy atom. The van der Waals surface area contributed by atoms with Crippen LogP contribution in [0.5, 0.6) is 0 Å². The van der Waals surface area contributed by atoms with E-state index >= 15 is 0 Å².